The number of nitrogens with one attached hydrogen (secondary N) is 1. The molecule has 1 aliphatic rings. The maximum Gasteiger partial charge on any atom is 0.225 e. The molecule has 3 heterocycles. The van der Waals surface area contributed by atoms with Gasteiger partial charge in [0.2, 0.25) is 5.95 Å². The maximum absolute atomic E-state index is 13.8. The molecule has 0 amide bonds. The van der Waals surface area contributed by atoms with Crippen molar-refractivity contribution in [1.82, 2.24) is 19.9 Å². The summed E-state index contributed by atoms with van der Waals surface area (Å²) in [5, 5.41) is 0.972. The second-order valence-corrected chi connectivity index (χ2v) is 7.50. The lowest BCUT2D eigenvalue weighted by molar-refractivity contribution is 0.0808. The summed E-state index contributed by atoms with van der Waals surface area (Å²) in [5.74, 6) is 0.874. The number of Topliss-reactive ketones (excluding diaryl/α,β-unsaturated/α-hetero) is 1. The Bertz CT molecular complexity index is 1130. The molecule has 0 saturated carbocycles. The first kappa shape index (κ1) is 18.5. The molecule has 1 fully saturated rings. The van der Waals surface area contributed by atoms with E-state index in [9.17, 15) is 4.79 Å². The average molecular weight is 397 g/mol. The van der Waals surface area contributed by atoms with Crippen LogP contribution in [0.15, 0.2) is 79.3 Å². The fourth-order valence-corrected chi connectivity index (χ4v) is 4.22. The number of fused-ring (bicyclic) bond motifs is 1. The first-order valence-electron chi connectivity index (χ1n) is 10.2. The third kappa shape index (κ3) is 3.46. The Morgan fingerprint density at radius 3 is 2.33 bits per heavy atom. The molecule has 150 valence electrons. The van der Waals surface area contributed by atoms with Gasteiger partial charge in [-0.15, -0.1) is 0 Å². The van der Waals surface area contributed by atoms with Gasteiger partial charge in [-0.1, -0.05) is 48.5 Å². The fourth-order valence-electron chi connectivity index (χ4n) is 4.22. The monoisotopic (exact) mass is 397 g/mol. The molecule has 5 rings (SSSR count). The largest absolute Gasteiger partial charge is 0.360 e. The molecule has 1 atom stereocenters. The lowest BCUT2D eigenvalue weighted by atomic mass is 9.95. The number of benzene rings is 2. The number of rotatable bonds is 5. The van der Waals surface area contributed by atoms with Crippen LogP contribution < -0.4 is 4.90 Å². The number of hydrogen-bond donors (Lipinski definition) is 1. The third-order valence-electron chi connectivity index (χ3n) is 5.73. The number of H-pyrrole nitrogens is 1. The van der Waals surface area contributed by atoms with Crippen molar-refractivity contribution in [2.45, 2.75) is 6.04 Å². The second-order valence-electron chi connectivity index (χ2n) is 7.50. The lowest BCUT2D eigenvalue weighted by Crippen LogP contribution is -2.49. The van der Waals surface area contributed by atoms with Crippen LogP contribution in [0.2, 0.25) is 0 Å². The number of carbonyl (C=O) groups is 1. The smallest absolute Gasteiger partial charge is 0.225 e. The number of piperazine rings is 1. The predicted molar refractivity (Wildman–Crippen MR) is 118 cm³/mol. The van der Waals surface area contributed by atoms with Crippen molar-refractivity contribution in [3.8, 4) is 0 Å². The fraction of sp³-hybridized carbons (Fsp3) is 0.208. The van der Waals surface area contributed by atoms with Crippen LogP contribution in [0.4, 0.5) is 5.95 Å². The number of nitrogens with zero attached hydrogens (tertiary/aromatic N) is 4. The Morgan fingerprint density at radius 2 is 1.57 bits per heavy atom. The van der Waals surface area contributed by atoms with Gasteiger partial charge in [-0.2, -0.15) is 0 Å². The zero-order valence-corrected chi connectivity index (χ0v) is 16.6. The molecule has 6 heteroatoms. The molecule has 2 aromatic carbocycles. The lowest BCUT2D eigenvalue weighted by Gasteiger charge is -2.38. The first-order chi connectivity index (χ1) is 14.8. The van der Waals surface area contributed by atoms with Crippen molar-refractivity contribution >= 4 is 22.6 Å². The highest BCUT2D eigenvalue weighted by Crippen LogP contribution is 2.30. The Hall–Kier alpha value is -3.51. The minimum absolute atomic E-state index is 0.128. The van der Waals surface area contributed by atoms with Crippen molar-refractivity contribution in [3.63, 3.8) is 0 Å². The minimum atomic E-state index is -0.316. The van der Waals surface area contributed by atoms with Gasteiger partial charge in [-0.05, 0) is 17.7 Å². The van der Waals surface area contributed by atoms with E-state index in [0.29, 0.717) is 0 Å². The molecule has 6 nitrogen and oxygen atoms in total. The molecule has 1 N–H and O–H groups in total. The molecule has 2 aromatic heterocycles. The molecular weight excluding hydrogens is 374 g/mol. The average Bonchev–Trinajstić information content (AvgIpc) is 3.25. The molecule has 1 unspecified atom stereocenters. The van der Waals surface area contributed by atoms with Gasteiger partial charge >= 0.3 is 0 Å². The second kappa shape index (κ2) is 8.08. The van der Waals surface area contributed by atoms with E-state index in [1.54, 1.807) is 12.4 Å². The molecule has 30 heavy (non-hydrogen) atoms. The third-order valence-corrected chi connectivity index (χ3v) is 5.73. The van der Waals surface area contributed by atoms with Crippen LogP contribution in [-0.2, 0) is 0 Å². The van der Waals surface area contributed by atoms with Crippen LogP contribution in [0, 0.1) is 0 Å². The van der Waals surface area contributed by atoms with E-state index in [1.165, 1.54) is 0 Å². The SMILES string of the molecule is O=C(c1c[nH]c2ccccc12)C(c1ccccc1)N1CCN(c2ncccn2)CC1. The topological polar surface area (TPSA) is 65.1 Å². The summed E-state index contributed by atoms with van der Waals surface area (Å²) in [6.45, 7) is 3.11. The highest BCUT2D eigenvalue weighted by Gasteiger charge is 2.32. The van der Waals surface area contributed by atoms with Crippen LogP contribution in [0.5, 0.6) is 0 Å². The van der Waals surface area contributed by atoms with Gasteiger partial charge in [-0.25, -0.2) is 9.97 Å². The van der Waals surface area contributed by atoms with Crippen LogP contribution in [0.3, 0.4) is 0 Å². The highest BCUT2D eigenvalue weighted by atomic mass is 16.1. The zero-order chi connectivity index (χ0) is 20.3. The van der Waals surface area contributed by atoms with Gasteiger partial charge in [0.25, 0.3) is 0 Å². The Balaban J connectivity index is 1.44. The summed E-state index contributed by atoms with van der Waals surface area (Å²) in [7, 11) is 0. The van der Waals surface area contributed by atoms with Crippen molar-refractivity contribution < 1.29 is 4.79 Å². The van der Waals surface area contributed by atoms with E-state index in [0.717, 1.165) is 54.2 Å². The number of anilines is 1. The van der Waals surface area contributed by atoms with Crippen LogP contribution >= 0.6 is 0 Å². The van der Waals surface area contributed by atoms with Crippen molar-refractivity contribution in [2.75, 3.05) is 31.1 Å². The van der Waals surface area contributed by atoms with Crippen LogP contribution in [0.25, 0.3) is 10.9 Å². The standard InChI is InChI=1S/C24H23N5O/c30-23(20-17-27-21-10-5-4-9-19(20)21)22(18-7-2-1-3-8-18)28-13-15-29(16-14-28)24-25-11-6-12-26-24/h1-12,17,22,27H,13-16H2. The summed E-state index contributed by atoms with van der Waals surface area (Å²) >= 11 is 0. The molecular formula is C24H23N5O. The van der Waals surface area contributed by atoms with Gasteiger partial charge in [0.1, 0.15) is 0 Å². The van der Waals surface area contributed by atoms with Crippen molar-refractivity contribution in [2.24, 2.45) is 0 Å². The number of aromatic amines is 1. The maximum atomic E-state index is 13.8. The molecule has 0 radical (unpaired) electrons. The van der Waals surface area contributed by atoms with Crippen molar-refractivity contribution in [3.05, 3.63) is 90.4 Å². The number of aromatic nitrogens is 3. The summed E-state index contributed by atoms with van der Waals surface area (Å²) in [6, 6.07) is 19.5. The van der Waals surface area contributed by atoms with E-state index < -0.39 is 0 Å². The summed E-state index contributed by atoms with van der Waals surface area (Å²) < 4.78 is 0. The van der Waals surface area contributed by atoms with Gasteiger partial charge < -0.3 is 9.88 Å². The van der Waals surface area contributed by atoms with Crippen LogP contribution in [0.1, 0.15) is 22.0 Å². The summed E-state index contributed by atoms with van der Waals surface area (Å²) in [4.78, 5) is 30.2. The van der Waals surface area contributed by atoms with E-state index >= 15 is 0 Å². The number of para-hydroxylation sites is 1. The molecule has 0 spiro atoms. The van der Waals surface area contributed by atoms with E-state index in [1.807, 2.05) is 66.9 Å². The Morgan fingerprint density at radius 1 is 0.867 bits per heavy atom. The Labute approximate surface area is 175 Å². The van der Waals surface area contributed by atoms with Gasteiger partial charge in [0, 0.05) is 61.2 Å². The molecule has 0 aliphatic carbocycles. The molecule has 1 saturated heterocycles. The number of hydrogen-bond acceptors (Lipinski definition) is 5. The van der Waals surface area contributed by atoms with E-state index in [-0.39, 0.29) is 11.8 Å². The first-order valence-corrected chi connectivity index (χ1v) is 10.2. The predicted octanol–water partition coefficient (Wildman–Crippen LogP) is 3.70. The number of ketones is 1. The summed E-state index contributed by atoms with van der Waals surface area (Å²) in [6.07, 6.45) is 5.38. The normalized spacial score (nSPS) is 15.9. The van der Waals surface area contributed by atoms with Gasteiger partial charge in [0.05, 0.1) is 6.04 Å². The van der Waals surface area contributed by atoms with E-state index in [2.05, 4.69) is 24.8 Å². The van der Waals surface area contributed by atoms with Crippen LogP contribution in [-0.4, -0.2) is 51.8 Å². The molecule has 0 bridgehead atoms. The molecule has 4 aromatic rings. The van der Waals surface area contributed by atoms with E-state index in [4.69, 9.17) is 0 Å². The van der Waals surface area contributed by atoms with Gasteiger partial charge in [-0.3, -0.25) is 9.69 Å². The quantitative estimate of drug-likeness (QED) is 0.520. The van der Waals surface area contributed by atoms with Crippen molar-refractivity contribution in [1.29, 1.82) is 0 Å². The Kier molecular flexibility index (Phi) is 4.99. The highest BCUT2D eigenvalue weighted by molar-refractivity contribution is 6.10. The molecule has 1 aliphatic heterocycles. The summed E-state index contributed by atoms with van der Waals surface area (Å²) in [5.41, 5.74) is 2.75. The van der Waals surface area contributed by atoms with Gasteiger partial charge in [0.15, 0.2) is 5.78 Å². The minimum Gasteiger partial charge on any atom is -0.360 e. The zero-order valence-electron chi connectivity index (χ0n) is 16.6. The number of carbonyl (C=O) groups excluding carboxylic acids is 1.